The van der Waals surface area contributed by atoms with E-state index >= 15 is 0 Å². The third kappa shape index (κ3) is 3.09. The molecule has 0 aromatic heterocycles. The van der Waals surface area contributed by atoms with E-state index in [1.807, 2.05) is 6.07 Å². The van der Waals surface area contributed by atoms with Gasteiger partial charge in [-0.25, -0.2) is 0 Å². The van der Waals surface area contributed by atoms with Gasteiger partial charge in [-0.05, 0) is 37.2 Å². The summed E-state index contributed by atoms with van der Waals surface area (Å²) in [5.41, 5.74) is 2.43. The Morgan fingerprint density at radius 1 is 1.41 bits per heavy atom. The first-order valence-electron chi connectivity index (χ1n) is 6.45. The van der Waals surface area contributed by atoms with Gasteiger partial charge < -0.3 is 5.11 Å². The molecule has 17 heavy (non-hydrogen) atoms. The molecule has 92 valence electrons. The standard InChI is InChI=1S/C15H20O2/c1-11-5-4-8-13(9-11)14(10-15(16)17)12-6-2-3-7-12/h4-5,8-9,12,14H,2-3,6-7,10H2,1H3,(H,16,17). The highest BCUT2D eigenvalue weighted by Crippen LogP contribution is 2.39. The Kier molecular flexibility index (Phi) is 3.82. The minimum Gasteiger partial charge on any atom is -0.481 e. The lowest BCUT2D eigenvalue weighted by Gasteiger charge is -2.22. The van der Waals surface area contributed by atoms with E-state index in [4.69, 9.17) is 5.11 Å². The summed E-state index contributed by atoms with van der Waals surface area (Å²) in [4.78, 5) is 11.0. The maximum atomic E-state index is 11.0. The highest BCUT2D eigenvalue weighted by atomic mass is 16.4. The first-order valence-corrected chi connectivity index (χ1v) is 6.45. The van der Waals surface area contributed by atoms with Crippen LogP contribution in [0.15, 0.2) is 24.3 Å². The lowest BCUT2D eigenvalue weighted by molar-refractivity contribution is -0.137. The maximum Gasteiger partial charge on any atom is 0.303 e. The summed E-state index contributed by atoms with van der Waals surface area (Å²) in [5, 5.41) is 9.07. The normalized spacial score (nSPS) is 18.2. The zero-order valence-electron chi connectivity index (χ0n) is 10.4. The Labute approximate surface area is 103 Å². The van der Waals surface area contributed by atoms with Crippen LogP contribution in [0, 0.1) is 12.8 Å². The summed E-state index contributed by atoms with van der Waals surface area (Å²) < 4.78 is 0. The Balaban J connectivity index is 2.22. The molecule has 1 aromatic rings. The second kappa shape index (κ2) is 5.35. The summed E-state index contributed by atoms with van der Waals surface area (Å²) in [5.74, 6) is 0.0891. The van der Waals surface area contributed by atoms with E-state index in [0.29, 0.717) is 5.92 Å². The number of hydrogen-bond donors (Lipinski definition) is 1. The van der Waals surface area contributed by atoms with Gasteiger partial charge in [-0.15, -0.1) is 0 Å². The molecule has 0 saturated heterocycles. The SMILES string of the molecule is Cc1cccc(C(CC(=O)O)C2CCCC2)c1. The molecular formula is C15H20O2. The number of carbonyl (C=O) groups is 1. The van der Waals surface area contributed by atoms with Crippen molar-refractivity contribution in [1.82, 2.24) is 0 Å². The third-order valence-corrected chi connectivity index (χ3v) is 3.83. The molecule has 1 aliphatic rings. The third-order valence-electron chi connectivity index (χ3n) is 3.83. The molecule has 0 heterocycles. The molecule has 2 nitrogen and oxygen atoms in total. The Morgan fingerprint density at radius 2 is 2.12 bits per heavy atom. The van der Waals surface area contributed by atoms with Crippen LogP contribution >= 0.6 is 0 Å². The highest BCUT2D eigenvalue weighted by Gasteiger charge is 2.28. The molecule has 1 aliphatic carbocycles. The van der Waals surface area contributed by atoms with Gasteiger partial charge in [0.2, 0.25) is 0 Å². The average molecular weight is 232 g/mol. The van der Waals surface area contributed by atoms with Crippen LogP contribution < -0.4 is 0 Å². The second-order valence-electron chi connectivity index (χ2n) is 5.16. The van der Waals surface area contributed by atoms with E-state index < -0.39 is 5.97 Å². The van der Waals surface area contributed by atoms with Gasteiger partial charge in [-0.2, -0.15) is 0 Å². The Hall–Kier alpha value is -1.31. The summed E-state index contributed by atoms with van der Waals surface area (Å²) in [6.07, 6.45) is 5.16. The fourth-order valence-electron chi connectivity index (χ4n) is 3.01. The minimum atomic E-state index is -0.677. The van der Waals surface area contributed by atoms with Gasteiger partial charge in [0.25, 0.3) is 0 Å². The summed E-state index contributed by atoms with van der Waals surface area (Å²) in [6, 6.07) is 8.33. The number of aryl methyl sites for hydroxylation is 1. The number of carboxylic acid groups (broad SMARTS) is 1. The first-order chi connectivity index (χ1) is 8.16. The predicted molar refractivity (Wildman–Crippen MR) is 68.1 cm³/mol. The molecule has 0 radical (unpaired) electrons. The van der Waals surface area contributed by atoms with Crippen LogP contribution in [-0.4, -0.2) is 11.1 Å². The van der Waals surface area contributed by atoms with Crippen molar-refractivity contribution < 1.29 is 9.90 Å². The molecule has 0 spiro atoms. The van der Waals surface area contributed by atoms with Gasteiger partial charge in [-0.3, -0.25) is 4.79 Å². The Bertz CT molecular complexity index is 392. The van der Waals surface area contributed by atoms with Gasteiger partial charge in [0, 0.05) is 0 Å². The van der Waals surface area contributed by atoms with Crippen molar-refractivity contribution in [2.24, 2.45) is 5.92 Å². The van der Waals surface area contributed by atoms with E-state index in [1.165, 1.54) is 36.8 Å². The van der Waals surface area contributed by atoms with E-state index in [2.05, 4.69) is 25.1 Å². The van der Waals surface area contributed by atoms with Crippen LogP contribution in [-0.2, 0) is 4.79 Å². The molecule has 1 aromatic carbocycles. The van der Waals surface area contributed by atoms with Crippen molar-refractivity contribution >= 4 is 5.97 Å². The first kappa shape index (κ1) is 12.2. The van der Waals surface area contributed by atoms with Gasteiger partial charge in [0.15, 0.2) is 0 Å². The molecule has 2 heteroatoms. The minimum absolute atomic E-state index is 0.204. The molecular weight excluding hydrogens is 212 g/mol. The van der Waals surface area contributed by atoms with Crippen LogP contribution in [0.4, 0.5) is 0 Å². The van der Waals surface area contributed by atoms with Crippen LogP contribution in [0.1, 0.15) is 49.1 Å². The molecule has 0 aliphatic heterocycles. The van der Waals surface area contributed by atoms with E-state index in [-0.39, 0.29) is 12.3 Å². The summed E-state index contributed by atoms with van der Waals surface area (Å²) in [6.45, 7) is 2.07. The zero-order chi connectivity index (χ0) is 12.3. The summed E-state index contributed by atoms with van der Waals surface area (Å²) >= 11 is 0. The fourth-order valence-corrected chi connectivity index (χ4v) is 3.01. The quantitative estimate of drug-likeness (QED) is 0.858. The van der Waals surface area contributed by atoms with Crippen LogP contribution in [0.5, 0.6) is 0 Å². The lowest BCUT2D eigenvalue weighted by atomic mass is 9.82. The molecule has 2 rings (SSSR count). The van der Waals surface area contributed by atoms with Crippen molar-refractivity contribution in [3.05, 3.63) is 35.4 Å². The average Bonchev–Trinajstić information content (AvgIpc) is 2.79. The Morgan fingerprint density at radius 3 is 2.71 bits per heavy atom. The molecule has 0 amide bonds. The predicted octanol–water partition coefficient (Wildman–Crippen LogP) is 3.74. The largest absolute Gasteiger partial charge is 0.481 e. The smallest absolute Gasteiger partial charge is 0.303 e. The lowest BCUT2D eigenvalue weighted by Crippen LogP contribution is -2.14. The number of hydrogen-bond acceptors (Lipinski definition) is 1. The number of benzene rings is 1. The highest BCUT2D eigenvalue weighted by molar-refractivity contribution is 5.68. The topological polar surface area (TPSA) is 37.3 Å². The van der Waals surface area contributed by atoms with Gasteiger partial charge in [0.05, 0.1) is 6.42 Å². The maximum absolute atomic E-state index is 11.0. The van der Waals surface area contributed by atoms with E-state index in [1.54, 1.807) is 0 Å². The molecule has 1 atom stereocenters. The molecule has 1 fully saturated rings. The number of aliphatic carboxylic acids is 1. The van der Waals surface area contributed by atoms with Crippen molar-refractivity contribution in [1.29, 1.82) is 0 Å². The monoisotopic (exact) mass is 232 g/mol. The van der Waals surface area contributed by atoms with Crippen molar-refractivity contribution in [3.63, 3.8) is 0 Å². The molecule has 1 saturated carbocycles. The number of rotatable bonds is 4. The van der Waals surface area contributed by atoms with E-state index in [9.17, 15) is 4.79 Å². The second-order valence-corrected chi connectivity index (χ2v) is 5.16. The van der Waals surface area contributed by atoms with Crippen LogP contribution in [0.3, 0.4) is 0 Å². The van der Waals surface area contributed by atoms with Gasteiger partial charge in [-0.1, -0.05) is 42.7 Å². The van der Waals surface area contributed by atoms with Gasteiger partial charge >= 0.3 is 5.97 Å². The van der Waals surface area contributed by atoms with E-state index in [0.717, 1.165) is 0 Å². The fraction of sp³-hybridized carbons (Fsp3) is 0.533. The molecule has 1 N–H and O–H groups in total. The van der Waals surface area contributed by atoms with Crippen LogP contribution in [0.25, 0.3) is 0 Å². The van der Waals surface area contributed by atoms with Crippen molar-refractivity contribution in [2.75, 3.05) is 0 Å². The van der Waals surface area contributed by atoms with Gasteiger partial charge in [0.1, 0.15) is 0 Å². The zero-order valence-corrected chi connectivity index (χ0v) is 10.4. The molecule has 0 bridgehead atoms. The van der Waals surface area contributed by atoms with Crippen molar-refractivity contribution in [2.45, 2.75) is 44.9 Å². The van der Waals surface area contributed by atoms with Crippen LogP contribution in [0.2, 0.25) is 0 Å². The summed E-state index contributed by atoms with van der Waals surface area (Å²) in [7, 11) is 0. The molecule has 1 unspecified atom stereocenters. The number of carboxylic acids is 1. The van der Waals surface area contributed by atoms with Crippen molar-refractivity contribution in [3.8, 4) is 0 Å².